The van der Waals surface area contributed by atoms with Crippen molar-refractivity contribution in [3.05, 3.63) is 0 Å². The molecule has 0 radical (unpaired) electrons. The van der Waals surface area contributed by atoms with Crippen LogP contribution in [0.1, 0.15) is 54.4 Å². The summed E-state index contributed by atoms with van der Waals surface area (Å²) in [7, 11) is -1.65. The molecule has 0 N–H and O–H groups in total. The van der Waals surface area contributed by atoms with Crippen LogP contribution in [-0.2, 0) is 4.43 Å². The highest BCUT2D eigenvalue weighted by molar-refractivity contribution is 14.1. The molecular weight excluding hydrogens is 351 g/mol. The van der Waals surface area contributed by atoms with Crippen LogP contribution in [0.4, 0.5) is 0 Å². The van der Waals surface area contributed by atoms with E-state index in [9.17, 15) is 0 Å². The highest BCUT2D eigenvalue weighted by Gasteiger charge is 2.44. The molecule has 0 aromatic rings. The van der Waals surface area contributed by atoms with Gasteiger partial charge in [0.05, 0.1) is 4.43 Å². The fourth-order valence-electron chi connectivity index (χ4n) is 3.05. The molecule has 0 unspecified atom stereocenters. The average molecular weight is 380 g/mol. The zero-order chi connectivity index (χ0) is 14.2. The fraction of sp³-hybridized carbons (Fsp3) is 0.867. The first-order valence-electron chi connectivity index (χ1n) is 7.05. The Morgan fingerprint density at radius 3 is 1.83 bits per heavy atom. The van der Waals surface area contributed by atoms with Gasteiger partial charge in [-0.1, -0.05) is 70.1 Å². The van der Waals surface area contributed by atoms with Crippen molar-refractivity contribution in [3.63, 3.8) is 0 Å². The summed E-state index contributed by atoms with van der Waals surface area (Å²) >= 11 is 2.29. The van der Waals surface area contributed by atoms with E-state index in [1.165, 1.54) is 0 Å². The van der Waals surface area contributed by atoms with Crippen LogP contribution in [-0.4, -0.2) is 19.4 Å². The molecule has 0 fully saturated rings. The predicted molar refractivity (Wildman–Crippen MR) is 92.9 cm³/mol. The summed E-state index contributed by atoms with van der Waals surface area (Å²) in [6.07, 6.45) is 2.05. The lowest BCUT2D eigenvalue weighted by atomic mass is 10.3. The van der Waals surface area contributed by atoms with Gasteiger partial charge in [0.1, 0.15) is 0 Å². The first-order valence-corrected chi connectivity index (χ1v) is 10.7. The molecule has 0 aromatic carbocycles. The van der Waals surface area contributed by atoms with Crippen LogP contribution < -0.4 is 0 Å². The molecule has 0 rings (SSSR count). The van der Waals surface area contributed by atoms with Crippen molar-refractivity contribution in [2.24, 2.45) is 0 Å². The molecule has 0 saturated carbocycles. The second-order valence-corrected chi connectivity index (χ2v) is 12.0. The van der Waals surface area contributed by atoms with E-state index in [4.69, 9.17) is 4.43 Å². The zero-order valence-electron chi connectivity index (χ0n) is 12.8. The Balaban J connectivity index is 4.43. The summed E-state index contributed by atoms with van der Waals surface area (Å²) in [6, 6.07) is 0. The van der Waals surface area contributed by atoms with E-state index in [1.807, 2.05) is 0 Å². The van der Waals surface area contributed by atoms with Gasteiger partial charge in [-0.25, -0.2) is 0 Å². The SMILES string of the molecule is CC(C)[Si](OCCCC#CCI)(C(C)C)C(C)C. The monoisotopic (exact) mass is 380 g/mol. The van der Waals surface area contributed by atoms with Crippen LogP contribution in [0, 0.1) is 11.8 Å². The molecule has 1 nitrogen and oxygen atoms in total. The third-order valence-corrected chi connectivity index (χ3v) is 10.2. The quantitative estimate of drug-likeness (QED) is 0.189. The summed E-state index contributed by atoms with van der Waals surface area (Å²) in [5.41, 5.74) is 2.04. The van der Waals surface area contributed by atoms with E-state index in [-0.39, 0.29) is 0 Å². The van der Waals surface area contributed by atoms with E-state index < -0.39 is 8.32 Å². The highest BCUT2D eigenvalue weighted by atomic mass is 127. The molecule has 0 atom stereocenters. The van der Waals surface area contributed by atoms with Gasteiger partial charge in [0, 0.05) is 13.0 Å². The van der Waals surface area contributed by atoms with Crippen LogP contribution in [0.25, 0.3) is 0 Å². The largest absolute Gasteiger partial charge is 0.416 e. The predicted octanol–water partition coefficient (Wildman–Crippen LogP) is 5.40. The molecule has 0 aromatic heterocycles. The molecule has 0 spiro atoms. The Morgan fingerprint density at radius 1 is 0.944 bits per heavy atom. The lowest BCUT2D eigenvalue weighted by Crippen LogP contribution is -2.47. The Bertz CT molecular complexity index is 254. The van der Waals surface area contributed by atoms with Crippen molar-refractivity contribution < 1.29 is 4.43 Å². The van der Waals surface area contributed by atoms with E-state index in [1.54, 1.807) is 0 Å². The van der Waals surface area contributed by atoms with Crippen molar-refractivity contribution in [2.45, 2.75) is 71.0 Å². The molecule has 0 saturated heterocycles. The number of hydrogen-bond donors (Lipinski definition) is 0. The number of unbranched alkanes of at least 4 members (excludes halogenated alkanes) is 1. The molecular formula is C15H29IOSi. The summed E-state index contributed by atoms with van der Waals surface area (Å²) in [5, 5.41) is 0. The van der Waals surface area contributed by atoms with Crippen LogP contribution in [0.15, 0.2) is 0 Å². The summed E-state index contributed by atoms with van der Waals surface area (Å²) in [5.74, 6) is 6.29. The fourth-order valence-corrected chi connectivity index (χ4v) is 8.81. The average Bonchev–Trinajstić information content (AvgIpc) is 2.26. The minimum Gasteiger partial charge on any atom is -0.416 e. The van der Waals surface area contributed by atoms with E-state index in [0.717, 1.165) is 23.9 Å². The van der Waals surface area contributed by atoms with Gasteiger partial charge in [-0.3, -0.25) is 0 Å². The van der Waals surface area contributed by atoms with Crippen molar-refractivity contribution in [1.29, 1.82) is 0 Å². The summed E-state index contributed by atoms with van der Waals surface area (Å²) in [4.78, 5) is 0. The lowest BCUT2D eigenvalue weighted by Gasteiger charge is -2.42. The molecule has 3 heteroatoms. The summed E-state index contributed by atoms with van der Waals surface area (Å²) < 4.78 is 7.40. The molecule has 0 aliphatic rings. The van der Waals surface area contributed by atoms with Crippen LogP contribution >= 0.6 is 22.6 Å². The van der Waals surface area contributed by atoms with Gasteiger partial charge in [-0.05, 0) is 23.0 Å². The maximum Gasteiger partial charge on any atom is 0.200 e. The number of halogens is 1. The summed E-state index contributed by atoms with van der Waals surface area (Å²) in [6.45, 7) is 14.9. The van der Waals surface area contributed by atoms with Gasteiger partial charge in [-0.2, -0.15) is 0 Å². The van der Waals surface area contributed by atoms with Crippen molar-refractivity contribution in [3.8, 4) is 11.8 Å². The first kappa shape index (κ1) is 18.5. The van der Waals surface area contributed by atoms with Crippen molar-refractivity contribution in [1.82, 2.24) is 0 Å². The van der Waals surface area contributed by atoms with Gasteiger partial charge in [-0.15, -0.1) is 5.92 Å². The third kappa shape index (κ3) is 5.22. The van der Waals surface area contributed by atoms with Gasteiger partial charge in [0.15, 0.2) is 8.32 Å². The molecule has 106 valence electrons. The van der Waals surface area contributed by atoms with Crippen molar-refractivity contribution >= 4 is 30.9 Å². The molecule has 0 aliphatic carbocycles. The van der Waals surface area contributed by atoms with Gasteiger partial charge in [0.2, 0.25) is 0 Å². The minimum absolute atomic E-state index is 0.679. The van der Waals surface area contributed by atoms with Gasteiger partial charge in [0.25, 0.3) is 0 Å². The van der Waals surface area contributed by atoms with Crippen LogP contribution in [0.5, 0.6) is 0 Å². The second-order valence-electron chi connectivity index (χ2n) is 5.76. The Labute approximate surface area is 129 Å². The Kier molecular flexibility index (Phi) is 9.63. The molecule has 18 heavy (non-hydrogen) atoms. The number of alkyl halides is 1. The lowest BCUT2D eigenvalue weighted by molar-refractivity contribution is 0.274. The van der Waals surface area contributed by atoms with E-state index >= 15 is 0 Å². The first-order chi connectivity index (χ1) is 8.39. The minimum atomic E-state index is -1.65. The topological polar surface area (TPSA) is 9.23 Å². The third-order valence-electron chi connectivity index (χ3n) is 3.70. The normalized spacial score (nSPS) is 12.1. The molecule has 0 heterocycles. The number of hydrogen-bond acceptors (Lipinski definition) is 1. The second kappa shape index (κ2) is 9.38. The molecule has 0 bridgehead atoms. The van der Waals surface area contributed by atoms with Crippen LogP contribution in [0.2, 0.25) is 16.6 Å². The smallest absolute Gasteiger partial charge is 0.200 e. The maximum absolute atomic E-state index is 6.46. The Hall–Kier alpha value is 0.467. The van der Waals surface area contributed by atoms with E-state index in [0.29, 0.717) is 16.6 Å². The highest BCUT2D eigenvalue weighted by Crippen LogP contribution is 2.42. The van der Waals surface area contributed by atoms with Gasteiger partial charge >= 0.3 is 0 Å². The van der Waals surface area contributed by atoms with E-state index in [2.05, 4.69) is 76.0 Å². The zero-order valence-corrected chi connectivity index (χ0v) is 16.0. The Morgan fingerprint density at radius 2 is 1.44 bits per heavy atom. The number of rotatable bonds is 7. The van der Waals surface area contributed by atoms with Gasteiger partial charge < -0.3 is 4.43 Å². The standard InChI is InChI=1S/C15H29IOSi/c1-13(2)18(14(3)4,15(5)6)17-12-10-8-7-9-11-16/h13-15H,8,10-12H2,1-6H3. The molecule has 0 aliphatic heterocycles. The maximum atomic E-state index is 6.46. The molecule has 0 amide bonds. The van der Waals surface area contributed by atoms with Crippen LogP contribution in [0.3, 0.4) is 0 Å². The van der Waals surface area contributed by atoms with Crippen molar-refractivity contribution in [2.75, 3.05) is 11.0 Å².